The minimum Gasteiger partial charge on any atom is -0.481 e. The Balaban J connectivity index is 1.35. The Hall–Kier alpha value is -3.35. The minimum atomic E-state index is -0.892. The van der Waals surface area contributed by atoms with Crippen LogP contribution in [0.25, 0.3) is 11.1 Å². The number of carbonyl (C=O) groups is 3. The van der Waals surface area contributed by atoms with E-state index in [1.54, 1.807) is 18.7 Å². The minimum absolute atomic E-state index is 0.0333. The lowest BCUT2D eigenvalue weighted by atomic mass is 9.77. The molecule has 1 saturated heterocycles. The summed E-state index contributed by atoms with van der Waals surface area (Å²) < 4.78 is 5.61. The van der Waals surface area contributed by atoms with E-state index in [2.05, 4.69) is 29.6 Å². The molecular weight excluding hydrogens is 444 g/mol. The molecule has 2 aromatic rings. The number of aliphatic carboxylic acids is 1. The van der Waals surface area contributed by atoms with Crippen LogP contribution in [-0.2, 0) is 14.3 Å². The van der Waals surface area contributed by atoms with Crippen molar-refractivity contribution >= 4 is 18.0 Å². The lowest BCUT2D eigenvalue weighted by Gasteiger charge is -2.41. The number of likely N-dealkylation sites (tertiary alicyclic amines) is 1. The van der Waals surface area contributed by atoms with Crippen LogP contribution >= 0.6 is 0 Å². The van der Waals surface area contributed by atoms with E-state index in [1.807, 2.05) is 31.2 Å². The molecule has 0 radical (unpaired) electrons. The van der Waals surface area contributed by atoms with E-state index in [0.29, 0.717) is 25.8 Å². The van der Waals surface area contributed by atoms with Crippen molar-refractivity contribution in [2.24, 2.45) is 11.3 Å². The highest BCUT2D eigenvalue weighted by Crippen LogP contribution is 2.44. The predicted octanol–water partition coefficient (Wildman–Crippen LogP) is 4.65. The number of carboxylic acid groups (broad SMARTS) is 1. The SMILES string of the molecule is CCC1(C(=O)O)CCCN(C(=O)C(C)C(C)NC(=O)OCC2c3ccccc3-c3ccccc32)C1. The molecule has 0 aromatic heterocycles. The number of carboxylic acids is 1. The number of ether oxygens (including phenoxy) is 1. The van der Waals surface area contributed by atoms with Crippen LogP contribution in [0.15, 0.2) is 48.5 Å². The molecule has 3 atom stereocenters. The Morgan fingerprint density at radius 3 is 2.26 bits per heavy atom. The Labute approximate surface area is 206 Å². The van der Waals surface area contributed by atoms with Crippen molar-refractivity contribution in [3.05, 3.63) is 59.7 Å². The third-order valence-electron chi connectivity index (χ3n) is 7.85. The zero-order valence-electron chi connectivity index (χ0n) is 20.6. The van der Waals surface area contributed by atoms with Crippen molar-refractivity contribution in [3.63, 3.8) is 0 Å². The Morgan fingerprint density at radius 2 is 1.69 bits per heavy atom. The van der Waals surface area contributed by atoms with Gasteiger partial charge in [-0.15, -0.1) is 0 Å². The fourth-order valence-electron chi connectivity index (χ4n) is 5.39. The first-order valence-corrected chi connectivity index (χ1v) is 12.4. The second-order valence-corrected chi connectivity index (χ2v) is 9.85. The molecule has 2 amide bonds. The maximum atomic E-state index is 13.1. The van der Waals surface area contributed by atoms with Crippen LogP contribution < -0.4 is 5.32 Å². The Morgan fingerprint density at radius 1 is 1.09 bits per heavy atom. The number of hydrogen-bond acceptors (Lipinski definition) is 4. The summed E-state index contributed by atoms with van der Waals surface area (Å²) in [5.74, 6) is -1.53. The van der Waals surface area contributed by atoms with E-state index in [4.69, 9.17) is 4.74 Å². The second-order valence-electron chi connectivity index (χ2n) is 9.85. The highest BCUT2D eigenvalue weighted by Gasteiger charge is 2.43. The number of hydrogen-bond donors (Lipinski definition) is 2. The quantitative estimate of drug-likeness (QED) is 0.604. The normalized spacial score (nSPS) is 20.9. The first kappa shape index (κ1) is 24.8. The van der Waals surface area contributed by atoms with Crippen molar-refractivity contribution in [1.29, 1.82) is 0 Å². The van der Waals surface area contributed by atoms with E-state index in [9.17, 15) is 19.5 Å². The van der Waals surface area contributed by atoms with E-state index in [0.717, 1.165) is 22.3 Å². The van der Waals surface area contributed by atoms with E-state index in [-0.39, 0.29) is 25.0 Å². The van der Waals surface area contributed by atoms with Gasteiger partial charge in [-0.25, -0.2) is 4.79 Å². The van der Waals surface area contributed by atoms with Crippen molar-refractivity contribution < 1.29 is 24.2 Å². The third-order valence-corrected chi connectivity index (χ3v) is 7.85. The number of nitrogens with zero attached hydrogens (tertiary/aromatic N) is 1. The smallest absolute Gasteiger partial charge is 0.407 e. The molecule has 35 heavy (non-hydrogen) atoms. The molecule has 2 aromatic carbocycles. The molecule has 1 heterocycles. The molecule has 7 heteroatoms. The van der Waals surface area contributed by atoms with Gasteiger partial charge in [-0.05, 0) is 48.4 Å². The molecule has 186 valence electrons. The van der Waals surface area contributed by atoms with Gasteiger partial charge in [0.1, 0.15) is 6.61 Å². The summed E-state index contributed by atoms with van der Waals surface area (Å²) in [6, 6.07) is 15.8. The molecule has 0 bridgehead atoms. The maximum absolute atomic E-state index is 13.1. The van der Waals surface area contributed by atoms with Crippen LogP contribution in [0, 0.1) is 11.3 Å². The molecule has 2 aliphatic rings. The summed E-state index contributed by atoms with van der Waals surface area (Å²) >= 11 is 0. The van der Waals surface area contributed by atoms with E-state index in [1.165, 1.54) is 0 Å². The van der Waals surface area contributed by atoms with Crippen LogP contribution in [-0.4, -0.2) is 53.7 Å². The Bertz CT molecular complexity index is 1070. The average Bonchev–Trinajstić information content (AvgIpc) is 3.20. The fourth-order valence-corrected chi connectivity index (χ4v) is 5.39. The number of benzene rings is 2. The average molecular weight is 479 g/mol. The molecule has 4 rings (SSSR count). The van der Waals surface area contributed by atoms with Crippen LogP contribution in [0.5, 0.6) is 0 Å². The van der Waals surface area contributed by atoms with Gasteiger partial charge in [0.05, 0.1) is 11.3 Å². The van der Waals surface area contributed by atoms with Gasteiger partial charge in [-0.3, -0.25) is 9.59 Å². The molecular formula is C28H34N2O5. The Kier molecular flexibility index (Phi) is 7.15. The molecule has 1 aliphatic carbocycles. The summed E-state index contributed by atoms with van der Waals surface area (Å²) in [4.78, 5) is 39.3. The third kappa shape index (κ3) is 4.77. The molecule has 3 unspecified atom stereocenters. The summed E-state index contributed by atoms with van der Waals surface area (Å²) in [5.41, 5.74) is 3.71. The summed E-state index contributed by atoms with van der Waals surface area (Å²) in [5, 5.41) is 12.5. The summed E-state index contributed by atoms with van der Waals surface area (Å²) in [6.45, 7) is 6.35. The number of carbonyl (C=O) groups excluding carboxylic acids is 2. The van der Waals surface area contributed by atoms with Gasteiger partial charge in [-0.2, -0.15) is 0 Å². The van der Waals surface area contributed by atoms with Gasteiger partial charge in [-0.1, -0.05) is 62.4 Å². The number of fused-ring (bicyclic) bond motifs is 3. The zero-order valence-corrected chi connectivity index (χ0v) is 20.6. The largest absolute Gasteiger partial charge is 0.481 e. The first-order chi connectivity index (χ1) is 16.8. The van der Waals surface area contributed by atoms with Gasteiger partial charge < -0.3 is 20.1 Å². The standard InChI is InChI=1S/C28H34N2O5/c1-4-28(26(32)33)14-9-15-30(17-28)25(31)18(2)19(3)29-27(34)35-16-24-22-12-7-5-10-20(22)21-11-6-8-13-23(21)24/h5-8,10-13,18-19,24H,4,9,14-17H2,1-3H3,(H,29,34)(H,32,33). The van der Waals surface area contributed by atoms with Gasteiger partial charge in [0.2, 0.25) is 5.91 Å². The van der Waals surface area contributed by atoms with Gasteiger partial charge in [0.25, 0.3) is 0 Å². The predicted molar refractivity (Wildman–Crippen MR) is 133 cm³/mol. The zero-order chi connectivity index (χ0) is 25.2. The van der Waals surface area contributed by atoms with Crippen molar-refractivity contribution in [2.45, 2.75) is 52.0 Å². The lowest BCUT2D eigenvalue weighted by Crippen LogP contribution is -2.53. The molecule has 2 N–H and O–H groups in total. The van der Waals surface area contributed by atoms with Gasteiger partial charge in [0.15, 0.2) is 0 Å². The lowest BCUT2D eigenvalue weighted by molar-refractivity contribution is -0.156. The topological polar surface area (TPSA) is 95.9 Å². The number of alkyl carbamates (subject to hydrolysis) is 1. The van der Waals surface area contributed by atoms with Gasteiger partial charge >= 0.3 is 12.1 Å². The highest BCUT2D eigenvalue weighted by molar-refractivity contribution is 5.82. The molecule has 0 saturated carbocycles. The summed E-state index contributed by atoms with van der Waals surface area (Å²) in [6.07, 6.45) is 1.15. The highest BCUT2D eigenvalue weighted by atomic mass is 16.5. The maximum Gasteiger partial charge on any atom is 0.407 e. The molecule has 1 aliphatic heterocycles. The van der Waals surface area contributed by atoms with Crippen molar-refractivity contribution in [3.8, 4) is 11.1 Å². The van der Waals surface area contributed by atoms with Crippen molar-refractivity contribution in [2.75, 3.05) is 19.7 Å². The van der Waals surface area contributed by atoms with Crippen LogP contribution in [0.3, 0.4) is 0 Å². The number of rotatable bonds is 7. The second kappa shape index (κ2) is 10.1. The fraction of sp³-hybridized carbons (Fsp3) is 0.464. The van der Waals surface area contributed by atoms with E-state index < -0.39 is 29.4 Å². The number of piperidine rings is 1. The van der Waals surface area contributed by atoms with E-state index >= 15 is 0 Å². The molecule has 1 fully saturated rings. The van der Waals surface area contributed by atoms with Gasteiger partial charge in [0, 0.05) is 25.0 Å². The first-order valence-electron chi connectivity index (χ1n) is 12.4. The summed E-state index contributed by atoms with van der Waals surface area (Å²) in [7, 11) is 0. The van der Waals surface area contributed by atoms with Crippen LogP contribution in [0.1, 0.15) is 57.1 Å². The van der Waals surface area contributed by atoms with Crippen LogP contribution in [0.4, 0.5) is 4.79 Å². The van der Waals surface area contributed by atoms with Crippen LogP contribution in [0.2, 0.25) is 0 Å². The number of amides is 2. The number of nitrogens with one attached hydrogen (secondary N) is 1. The molecule has 0 spiro atoms. The monoisotopic (exact) mass is 478 g/mol. The van der Waals surface area contributed by atoms with Crippen molar-refractivity contribution in [1.82, 2.24) is 10.2 Å². The molecule has 7 nitrogen and oxygen atoms in total.